The molecule has 0 spiro atoms. The van der Waals surface area contributed by atoms with Gasteiger partial charge in [0.2, 0.25) is 5.91 Å². The van der Waals surface area contributed by atoms with Gasteiger partial charge >= 0.3 is 5.97 Å². The number of carboxylic acid groups (broad SMARTS) is 1. The van der Waals surface area contributed by atoms with Gasteiger partial charge in [0.05, 0.1) is 13.2 Å². The van der Waals surface area contributed by atoms with E-state index in [4.69, 9.17) is 20.3 Å². The first kappa shape index (κ1) is 15.8. The molecule has 0 aromatic heterocycles. The highest BCUT2D eigenvalue weighted by molar-refractivity contribution is 5.95. The maximum Gasteiger partial charge on any atom is 0.341 e. The number of hydrogen-bond donors (Lipinski definition) is 2. The topological polar surface area (TPSA) is 119 Å². The van der Waals surface area contributed by atoms with Gasteiger partial charge in [-0.1, -0.05) is 6.07 Å². The first-order valence-corrected chi connectivity index (χ1v) is 6.62. The van der Waals surface area contributed by atoms with Gasteiger partial charge in [0.1, 0.15) is 5.75 Å². The molecular formula is C14H16N2O6. The lowest BCUT2D eigenvalue weighted by Gasteiger charge is -2.31. The molecule has 1 aliphatic rings. The number of hydrogen-bond acceptors (Lipinski definition) is 5. The van der Waals surface area contributed by atoms with Crippen LogP contribution in [0.15, 0.2) is 24.3 Å². The summed E-state index contributed by atoms with van der Waals surface area (Å²) in [5.74, 6) is -1.73. The van der Waals surface area contributed by atoms with Crippen LogP contribution < -0.4 is 10.5 Å². The summed E-state index contributed by atoms with van der Waals surface area (Å²) in [5, 5.41) is 8.58. The van der Waals surface area contributed by atoms with Crippen molar-refractivity contribution in [2.75, 3.05) is 26.3 Å². The first-order valence-electron chi connectivity index (χ1n) is 6.62. The maximum absolute atomic E-state index is 12.4. The summed E-state index contributed by atoms with van der Waals surface area (Å²) in [5.41, 5.74) is 5.52. The van der Waals surface area contributed by atoms with Crippen LogP contribution in [0.25, 0.3) is 0 Å². The van der Waals surface area contributed by atoms with E-state index in [1.807, 2.05) is 0 Å². The van der Waals surface area contributed by atoms with Crippen LogP contribution in [0.5, 0.6) is 5.75 Å². The van der Waals surface area contributed by atoms with E-state index in [0.29, 0.717) is 12.1 Å². The molecular weight excluding hydrogens is 292 g/mol. The number of carbonyl (C=O) groups is 3. The van der Waals surface area contributed by atoms with Crippen molar-refractivity contribution in [1.29, 1.82) is 0 Å². The summed E-state index contributed by atoms with van der Waals surface area (Å²) >= 11 is 0. The zero-order chi connectivity index (χ0) is 16.1. The molecule has 8 heteroatoms. The summed E-state index contributed by atoms with van der Waals surface area (Å²) in [6, 6.07) is 6.20. The first-order chi connectivity index (χ1) is 10.5. The lowest BCUT2D eigenvalue weighted by Crippen LogP contribution is -2.50. The van der Waals surface area contributed by atoms with Gasteiger partial charge < -0.3 is 25.2 Å². The lowest BCUT2D eigenvalue weighted by atomic mass is 10.1. The highest BCUT2D eigenvalue weighted by Crippen LogP contribution is 2.16. The third kappa shape index (κ3) is 3.95. The Kier molecular flexibility index (Phi) is 4.95. The van der Waals surface area contributed by atoms with Crippen molar-refractivity contribution in [3.63, 3.8) is 0 Å². The number of carboxylic acids is 1. The van der Waals surface area contributed by atoms with E-state index >= 15 is 0 Å². The predicted octanol–water partition coefficient (Wildman–Crippen LogP) is -0.524. The van der Waals surface area contributed by atoms with Crippen molar-refractivity contribution in [3.8, 4) is 5.75 Å². The van der Waals surface area contributed by atoms with Crippen LogP contribution in [0.1, 0.15) is 10.4 Å². The Morgan fingerprint density at radius 2 is 2.18 bits per heavy atom. The number of primary amides is 1. The highest BCUT2D eigenvalue weighted by Gasteiger charge is 2.28. The van der Waals surface area contributed by atoms with Crippen molar-refractivity contribution in [3.05, 3.63) is 29.8 Å². The van der Waals surface area contributed by atoms with Crippen LogP contribution in [0, 0.1) is 0 Å². The molecule has 1 aromatic rings. The normalized spacial score (nSPS) is 17.8. The van der Waals surface area contributed by atoms with E-state index in [1.165, 1.54) is 11.0 Å². The third-order valence-electron chi connectivity index (χ3n) is 3.11. The van der Waals surface area contributed by atoms with Crippen molar-refractivity contribution in [2.24, 2.45) is 5.73 Å². The zero-order valence-corrected chi connectivity index (χ0v) is 11.7. The van der Waals surface area contributed by atoms with E-state index in [0.717, 1.165) is 0 Å². The summed E-state index contributed by atoms with van der Waals surface area (Å²) in [6.45, 7) is 0.185. The van der Waals surface area contributed by atoms with Crippen molar-refractivity contribution in [1.82, 2.24) is 4.90 Å². The van der Waals surface area contributed by atoms with Gasteiger partial charge in [-0.05, 0) is 18.2 Å². The van der Waals surface area contributed by atoms with Gasteiger partial charge in [-0.3, -0.25) is 9.59 Å². The van der Waals surface area contributed by atoms with Crippen LogP contribution in [0.2, 0.25) is 0 Å². The fourth-order valence-corrected chi connectivity index (χ4v) is 2.05. The Morgan fingerprint density at radius 3 is 2.86 bits per heavy atom. The fourth-order valence-electron chi connectivity index (χ4n) is 2.05. The number of ether oxygens (including phenoxy) is 2. The smallest absolute Gasteiger partial charge is 0.341 e. The molecule has 0 radical (unpaired) electrons. The molecule has 1 fully saturated rings. The van der Waals surface area contributed by atoms with Crippen LogP contribution >= 0.6 is 0 Å². The quantitative estimate of drug-likeness (QED) is 0.755. The van der Waals surface area contributed by atoms with E-state index < -0.39 is 24.6 Å². The van der Waals surface area contributed by atoms with Crippen LogP contribution in [0.4, 0.5) is 0 Å². The molecule has 2 amide bonds. The minimum absolute atomic E-state index is 0.0916. The van der Waals surface area contributed by atoms with Gasteiger partial charge in [0.15, 0.2) is 12.7 Å². The second kappa shape index (κ2) is 6.90. The second-order valence-corrected chi connectivity index (χ2v) is 4.72. The summed E-state index contributed by atoms with van der Waals surface area (Å²) in [7, 11) is 0. The number of carbonyl (C=O) groups excluding carboxylic acids is 2. The molecule has 0 aliphatic carbocycles. The number of nitrogens with zero attached hydrogens (tertiary/aromatic N) is 1. The molecule has 1 unspecified atom stereocenters. The van der Waals surface area contributed by atoms with Crippen molar-refractivity contribution >= 4 is 17.8 Å². The SMILES string of the molecule is NC(=O)C1CN(C(=O)c2cccc(OCC(=O)O)c2)CCO1. The molecule has 1 heterocycles. The van der Waals surface area contributed by atoms with Crippen molar-refractivity contribution < 1.29 is 29.0 Å². The predicted molar refractivity (Wildman–Crippen MR) is 74.4 cm³/mol. The van der Waals surface area contributed by atoms with E-state index in [1.54, 1.807) is 18.2 Å². The average molecular weight is 308 g/mol. The van der Waals surface area contributed by atoms with Crippen molar-refractivity contribution in [2.45, 2.75) is 6.10 Å². The Balaban J connectivity index is 2.07. The minimum Gasteiger partial charge on any atom is -0.482 e. The minimum atomic E-state index is -1.10. The summed E-state index contributed by atoms with van der Waals surface area (Å²) < 4.78 is 10.2. The standard InChI is InChI=1S/C14H16N2O6/c15-13(19)11-7-16(4-5-21-11)14(20)9-2-1-3-10(6-9)22-8-12(17)18/h1-3,6,11H,4-5,7-8H2,(H2,15,19)(H,17,18). The number of nitrogens with two attached hydrogens (primary N) is 1. The lowest BCUT2D eigenvalue weighted by molar-refractivity contribution is -0.139. The second-order valence-electron chi connectivity index (χ2n) is 4.72. The van der Waals surface area contributed by atoms with Gasteiger partial charge in [0, 0.05) is 12.1 Å². The summed E-state index contributed by atoms with van der Waals surface area (Å²) in [4.78, 5) is 35.5. The molecule has 0 bridgehead atoms. The van der Waals surface area contributed by atoms with E-state index in [-0.39, 0.29) is 24.8 Å². The highest BCUT2D eigenvalue weighted by atomic mass is 16.5. The number of morpholine rings is 1. The van der Waals surface area contributed by atoms with Gasteiger partial charge in [-0.25, -0.2) is 4.79 Å². The molecule has 118 valence electrons. The van der Waals surface area contributed by atoms with Crippen LogP contribution in [0.3, 0.4) is 0 Å². The van der Waals surface area contributed by atoms with Crippen LogP contribution in [-0.2, 0) is 14.3 Å². The van der Waals surface area contributed by atoms with Gasteiger partial charge in [0.25, 0.3) is 5.91 Å². The van der Waals surface area contributed by atoms with Crippen LogP contribution in [-0.4, -0.2) is 60.2 Å². The van der Waals surface area contributed by atoms with Gasteiger partial charge in [-0.2, -0.15) is 0 Å². The number of benzene rings is 1. The monoisotopic (exact) mass is 308 g/mol. The number of amides is 2. The Bertz CT molecular complexity index is 588. The average Bonchev–Trinajstić information content (AvgIpc) is 2.52. The van der Waals surface area contributed by atoms with E-state index in [2.05, 4.69) is 0 Å². The largest absolute Gasteiger partial charge is 0.482 e. The Labute approximate surface area is 126 Å². The molecule has 3 N–H and O–H groups in total. The number of aliphatic carboxylic acids is 1. The molecule has 1 aliphatic heterocycles. The van der Waals surface area contributed by atoms with E-state index in [9.17, 15) is 14.4 Å². The molecule has 1 aromatic carbocycles. The molecule has 22 heavy (non-hydrogen) atoms. The third-order valence-corrected chi connectivity index (χ3v) is 3.11. The molecule has 1 saturated heterocycles. The zero-order valence-electron chi connectivity index (χ0n) is 11.7. The van der Waals surface area contributed by atoms with Gasteiger partial charge in [-0.15, -0.1) is 0 Å². The molecule has 8 nitrogen and oxygen atoms in total. The molecule has 1 atom stereocenters. The number of rotatable bonds is 5. The Hall–Kier alpha value is -2.61. The maximum atomic E-state index is 12.4. The Morgan fingerprint density at radius 1 is 1.41 bits per heavy atom. The molecule has 0 saturated carbocycles. The molecule has 2 rings (SSSR count). The summed E-state index contributed by atoms with van der Waals surface area (Å²) in [6.07, 6.45) is -0.816. The fraction of sp³-hybridized carbons (Fsp3) is 0.357.